The molecule has 3 fully saturated rings. The summed E-state index contributed by atoms with van der Waals surface area (Å²) in [6.07, 6.45) is -0.776. The largest absolute Gasteiger partial charge is 0.573 e. The number of ether oxygens (including phenoxy) is 3. The van der Waals surface area contributed by atoms with E-state index >= 15 is 0 Å². The molecule has 45 heavy (non-hydrogen) atoms. The van der Waals surface area contributed by atoms with E-state index in [0.29, 0.717) is 30.6 Å². The van der Waals surface area contributed by atoms with Crippen molar-refractivity contribution in [2.75, 3.05) is 0 Å². The number of benzene rings is 3. The predicted molar refractivity (Wildman–Crippen MR) is 165 cm³/mol. The maximum atomic E-state index is 13.6. The third-order valence-electron chi connectivity index (χ3n) is 8.50. The van der Waals surface area contributed by atoms with Gasteiger partial charge in [0.2, 0.25) is 0 Å². The van der Waals surface area contributed by atoms with Crippen LogP contribution in [0, 0.1) is 5.92 Å². The molecule has 0 aromatic heterocycles. The molecule has 1 aliphatic heterocycles. The lowest BCUT2D eigenvalue weighted by molar-refractivity contribution is -0.274. The van der Waals surface area contributed by atoms with Crippen LogP contribution in [0.3, 0.4) is 0 Å². The zero-order chi connectivity index (χ0) is 31.9. The molecule has 6 nitrogen and oxygen atoms in total. The Morgan fingerprint density at radius 1 is 0.956 bits per heavy atom. The van der Waals surface area contributed by atoms with E-state index in [1.807, 2.05) is 81.4 Å². The molecule has 1 N–H and O–H groups in total. The van der Waals surface area contributed by atoms with Gasteiger partial charge in [-0.2, -0.15) is 5.48 Å². The van der Waals surface area contributed by atoms with E-state index in [-0.39, 0.29) is 17.6 Å². The molecule has 6 rings (SSSR count). The summed E-state index contributed by atoms with van der Waals surface area (Å²) in [4.78, 5) is 20.6. The summed E-state index contributed by atoms with van der Waals surface area (Å²) < 4.78 is 56.7. The van der Waals surface area contributed by atoms with Gasteiger partial charge in [0.15, 0.2) is 4.93 Å². The zero-order valence-electron chi connectivity index (χ0n) is 25.6. The highest BCUT2D eigenvalue weighted by atomic mass is 32.2. The molecule has 3 aliphatic rings. The van der Waals surface area contributed by atoms with Crippen molar-refractivity contribution < 1.29 is 37.0 Å². The molecular weight excluding hydrogens is 603 g/mol. The van der Waals surface area contributed by atoms with Crippen LogP contribution in [-0.2, 0) is 14.4 Å². The third-order valence-corrected chi connectivity index (χ3v) is 9.87. The summed E-state index contributed by atoms with van der Waals surface area (Å²) >= 11 is 1.61. The average Bonchev–Trinajstić information content (AvgIpc) is 3.60. The molecule has 0 radical (unpaired) electrons. The van der Waals surface area contributed by atoms with Gasteiger partial charge in [-0.3, -0.25) is 9.63 Å². The van der Waals surface area contributed by atoms with Gasteiger partial charge in [-0.15, -0.1) is 13.2 Å². The van der Waals surface area contributed by atoms with Crippen LogP contribution >= 0.6 is 11.8 Å². The minimum Gasteiger partial charge on any atom is -0.476 e. The number of rotatable bonds is 8. The van der Waals surface area contributed by atoms with Crippen molar-refractivity contribution in [2.45, 2.75) is 98.6 Å². The Balaban J connectivity index is 1.33. The summed E-state index contributed by atoms with van der Waals surface area (Å²) in [5, 5.41) is 0. The Hall–Kier alpha value is -3.21. The van der Waals surface area contributed by atoms with Gasteiger partial charge in [-0.1, -0.05) is 60.3 Å². The summed E-state index contributed by atoms with van der Waals surface area (Å²) in [6, 6.07) is 23.4. The number of nitrogens with one attached hydrogen (secondary N) is 1. The first-order chi connectivity index (χ1) is 21.3. The number of alkyl halides is 3. The van der Waals surface area contributed by atoms with Gasteiger partial charge in [-0.25, -0.2) is 0 Å². The zero-order valence-corrected chi connectivity index (χ0v) is 26.4. The smallest absolute Gasteiger partial charge is 0.476 e. The van der Waals surface area contributed by atoms with E-state index in [2.05, 4.69) is 10.2 Å². The summed E-state index contributed by atoms with van der Waals surface area (Å²) in [5.74, 6) is -0.918. The number of carbonyl (C=O) groups excluding carboxylic acids is 1. The maximum Gasteiger partial charge on any atom is 0.573 e. The number of esters is 1. The molecule has 3 aromatic rings. The van der Waals surface area contributed by atoms with E-state index in [1.165, 1.54) is 12.1 Å². The normalized spacial score (nSPS) is 26.0. The van der Waals surface area contributed by atoms with Crippen molar-refractivity contribution in [1.82, 2.24) is 5.48 Å². The SMILES string of the molecule is CC(C)(C)OC(=O)C1CCC[C@@]2(C[C@H](c3cc(OC(F)(F)F)ccc3OC3(Sc4ccccc4)CC3)NO2)[C@@H]1c1ccccc1. The van der Waals surface area contributed by atoms with Gasteiger partial charge in [0, 0.05) is 35.6 Å². The molecule has 240 valence electrons. The van der Waals surface area contributed by atoms with E-state index in [0.717, 1.165) is 29.7 Å². The lowest BCUT2D eigenvalue weighted by Gasteiger charge is -2.44. The molecule has 1 heterocycles. The number of hydrogen-bond acceptors (Lipinski definition) is 7. The van der Waals surface area contributed by atoms with Gasteiger partial charge in [0.25, 0.3) is 0 Å². The quantitative estimate of drug-likeness (QED) is 0.195. The van der Waals surface area contributed by atoms with Crippen molar-refractivity contribution in [2.24, 2.45) is 5.92 Å². The number of hydrogen-bond donors (Lipinski definition) is 1. The predicted octanol–water partition coefficient (Wildman–Crippen LogP) is 8.88. The first-order valence-electron chi connectivity index (χ1n) is 15.4. The van der Waals surface area contributed by atoms with Crippen LogP contribution in [0.5, 0.6) is 11.5 Å². The highest BCUT2D eigenvalue weighted by molar-refractivity contribution is 8.00. The minimum absolute atomic E-state index is 0.277. The average molecular weight is 642 g/mol. The van der Waals surface area contributed by atoms with E-state index in [1.54, 1.807) is 17.8 Å². The molecule has 1 saturated heterocycles. The number of halogens is 3. The fraction of sp³-hybridized carbons (Fsp3) is 0.457. The molecule has 0 bridgehead atoms. The maximum absolute atomic E-state index is 13.6. The van der Waals surface area contributed by atoms with Gasteiger partial charge in [-0.05, 0) is 75.9 Å². The topological polar surface area (TPSA) is 66.0 Å². The lowest BCUT2D eigenvalue weighted by atomic mass is 9.64. The van der Waals surface area contributed by atoms with E-state index in [4.69, 9.17) is 14.3 Å². The molecule has 1 spiro atoms. The summed E-state index contributed by atoms with van der Waals surface area (Å²) in [5.41, 5.74) is 3.16. The molecule has 1 unspecified atom stereocenters. The Kier molecular flexibility index (Phi) is 8.60. The number of hydroxylamine groups is 1. The van der Waals surface area contributed by atoms with Crippen LogP contribution in [0.25, 0.3) is 0 Å². The Morgan fingerprint density at radius 3 is 2.29 bits per heavy atom. The summed E-state index contributed by atoms with van der Waals surface area (Å²) in [7, 11) is 0. The number of carbonyl (C=O) groups is 1. The third kappa shape index (κ3) is 7.45. The molecule has 10 heteroatoms. The van der Waals surface area contributed by atoms with Crippen LogP contribution in [0.2, 0.25) is 0 Å². The van der Waals surface area contributed by atoms with Gasteiger partial charge in [0.05, 0.1) is 17.6 Å². The van der Waals surface area contributed by atoms with Crippen LogP contribution in [-0.4, -0.2) is 28.5 Å². The van der Waals surface area contributed by atoms with Gasteiger partial charge in [0.1, 0.15) is 17.1 Å². The molecule has 3 aromatic carbocycles. The van der Waals surface area contributed by atoms with Crippen LogP contribution in [0.1, 0.15) is 82.4 Å². The van der Waals surface area contributed by atoms with E-state index in [9.17, 15) is 18.0 Å². The standard InChI is InChI=1S/C35H38F3NO5S/c1-32(2,3)43-31(40)26-15-10-18-33(30(26)23-11-6-4-7-12-23)22-28(39-44-33)27-21-24(41-35(36,37)38)16-17-29(27)42-34(19-20-34)45-25-13-8-5-9-14-25/h4-9,11-14,16-17,21,26,28,30,39H,10,15,18-20,22H2,1-3H3/t26?,28-,30-,33-/m1/s1. The lowest BCUT2D eigenvalue weighted by Crippen LogP contribution is -2.47. The molecule has 4 atom stereocenters. The molecule has 2 aliphatic carbocycles. The second kappa shape index (κ2) is 12.2. The van der Waals surface area contributed by atoms with Crippen molar-refractivity contribution in [3.8, 4) is 11.5 Å². The van der Waals surface area contributed by atoms with Crippen molar-refractivity contribution in [3.05, 3.63) is 90.0 Å². The second-order valence-corrected chi connectivity index (χ2v) is 14.6. The highest BCUT2D eigenvalue weighted by Gasteiger charge is 2.56. The van der Waals surface area contributed by atoms with Crippen LogP contribution in [0.15, 0.2) is 83.8 Å². The van der Waals surface area contributed by atoms with Gasteiger partial charge < -0.3 is 14.2 Å². The van der Waals surface area contributed by atoms with Gasteiger partial charge >= 0.3 is 12.3 Å². The number of thioether (sulfide) groups is 1. The highest BCUT2D eigenvalue weighted by Crippen LogP contribution is 2.56. The monoisotopic (exact) mass is 641 g/mol. The fourth-order valence-corrected chi connectivity index (χ4v) is 7.75. The molecular formula is C35H38F3NO5S. The first kappa shape index (κ1) is 31.8. The van der Waals surface area contributed by atoms with Crippen molar-refractivity contribution in [3.63, 3.8) is 0 Å². The minimum atomic E-state index is -4.84. The van der Waals surface area contributed by atoms with Crippen LogP contribution < -0.4 is 15.0 Å². The van der Waals surface area contributed by atoms with Crippen LogP contribution in [0.4, 0.5) is 13.2 Å². The summed E-state index contributed by atoms with van der Waals surface area (Å²) in [6.45, 7) is 5.56. The van der Waals surface area contributed by atoms with E-state index < -0.39 is 34.5 Å². The first-order valence-corrected chi connectivity index (χ1v) is 16.2. The molecule has 2 saturated carbocycles. The Morgan fingerprint density at radius 2 is 1.64 bits per heavy atom. The van der Waals surface area contributed by atoms with Crippen molar-refractivity contribution >= 4 is 17.7 Å². The fourth-order valence-electron chi connectivity index (χ4n) is 6.59. The van der Waals surface area contributed by atoms with Crippen molar-refractivity contribution in [1.29, 1.82) is 0 Å². The Labute approximate surface area is 265 Å². The Bertz CT molecular complexity index is 1490. The molecule has 0 amide bonds. The second-order valence-electron chi connectivity index (χ2n) is 13.1.